The highest BCUT2D eigenvalue weighted by atomic mass is 19.2. The van der Waals surface area contributed by atoms with Gasteiger partial charge in [-0.3, -0.25) is 9.59 Å². The molecule has 21 atom stereocenters. The zero-order valence-corrected chi connectivity index (χ0v) is 82.0. The average Bonchev–Trinajstić information content (AvgIpc) is 1.62. The van der Waals surface area contributed by atoms with Gasteiger partial charge in [-0.25, -0.2) is 22.0 Å². The number of allylic oxidation sites excluding steroid dienone is 24. The summed E-state index contributed by atoms with van der Waals surface area (Å²) in [6.45, 7) is 43.1. The summed E-state index contributed by atoms with van der Waals surface area (Å²) in [6.07, 6.45) is 59.5. The molecule has 0 aromatic rings. The molecule has 0 radical (unpaired) electrons. The minimum atomic E-state index is -1.58. The van der Waals surface area contributed by atoms with E-state index in [-0.39, 0.29) is 61.2 Å². The first-order valence-electron chi connectivity index (χ1n) is 50.9. The van der Waals surface area contributed by atoms with Crippen LogP contribution in [-0.2, 0) is 9.59 Å². The van der Waals surface area contributed by atoms with E-state index in [2.05, 4.69) is 137 Å². The second-order valence-corrected chi connectivity index (χ2v) is 42.8. The van der Waals surface area contributed by atoms with Crippen LogP contribution < -0.4 is 0 Å². The molecule has 0 amide bonds. The van der Waals surface area contributed by atoms with Crippen LogP contribution in [-0.4, -0.2) is 119 Å². The van der Waals surface area contributed by atoms with Gasteiger partial charge in [-0.1, -0.05) is 273 Å². The number of carbonyl (C=O) groups excluding carboxylic acids is 2. The summed E-state index contributed by atoms with van der Waals surface area (Å²) in [4.78, 5) is 24.4. The van der Waals surface area contributed by atoms with Crippen LogP contribution >= 0.6 is 0 Å². The van der Waals surface area contributed by atoms with Crippen molar-refractivity contribution >= 4 is 11.6 Å². The lowest BCUT2D eigenvalue weighted by Gasteiger charge is -2.44. The Morgan fingerprint density at radius 2 is 0.758 bits per heavy atom. The van der Waals surface area contributed by atoms with Crippen LogP contribution in [0.4, 0.5) is 22.0 Å². The molecule has 0 saturated heterocycles. The quantitative estimate of drug-likeness (QED) is 0.0218. The predicted molar refractivity (Wildman–Crippen MR) is 519 cm³/mol. The maximum atomic E-state index is 14.1. The number of carbonyl (C=O) groups is 2. The molecule has 0 aromatic carbocycles. The van der Waals surface area contributed by atoms with E-state index in [4.69, 9.17) is 0 Å². The van der Waals surface area contributed by atoms with Crippen LogP contribution in [0.15, 0.2) is 189 Å². The van der Waals surface area contributed by atoms with Gasteiger partial charge in [-0.15, -0.1) is 0 Å². The lowest BCUT2D eigenvalue weighted by atomic mass is 9.61. The molecule has 0 heterocycles. The van der Waals surface area contributed by atoms with Gasteiger partial charge in [0.05, 0.1) is 40.7 Å². The van der Waals surface area contributed by atoms with Crippen molar-refractivity contribution < 1.29 is 67.3 Å². The SMILES string of the molecule is C=C1/C(=C\C=C2/CCCC3(C)C(C(C)C/C=C/C(O)(CC)CC)=CCC23)CC(F)CC1F.C=C1/C(=C\C=C2/CCCC3(C)C2CCC3C(C)C/C=C/C(O)(CC)CC)CC(O)CC1F.CCC(O)(/C=C/CC(C)C1=CCC2/C(=C/C=C3/CC(O)CC(F)C3=O)CCCC12C)CC.CCC(O)(CC)CCCC(C)C1=CCC2/C(=C/C=C3/CC(O)CC(F)C3=O)CCCC12C. The van der Waals surface area contributed by atoms with E-state index in [0.717, 1.165) is 172 Å². The van der Waals surface area contributed by atoms with Crippen molar-refractivity contribution in [2.45, 2.75) is 433 Å². The highest BCUT2D eigenvalue weighted by Gasteiger charge is 2.53. The fourth-order valence-corrected chi connectivity index (χ4v) is 25.4. The van der Waals surface area contributed by atoms with Crippen molar-refractivity contribution in [2.75, 3.05) is 0 Å². The van der Waals surface area contributed by atoms with Gasteiger partial charge >= 0.3 is 0 Å². The van der Waals surface area contributed by atoms with Crippen LogP contribution in [0.25, 0.3) is 0 Å². The lowest BCUT2D eigenvalue weighted by Crippen LogP contribution is -2.36. The Kier molecular flexibility index (Phi) is 38.7. The summed E-state index contributed by atoms with van der Waals surface area (Å²) < 4.78 is 69.8. The van der Waals surface area contributed by atoms with E-state index < -0.39 is 83.1 Å². The first-order chi connectivity index (χ1) is 60.5. The Morgan fingerprint density at radius 3 is 1.15 bits per heavy atom. The summed E-state index contributed by atoms with van der Waals surface area (Å²) in [5.41, 5.74) is 11.8. The largest absolute Gasteiger partial charge is 0.393 e. The number of rotatable bonds is 29. The van der Waals surface area contributed by atoms with Crippen LogP contribution in [0, 0.1) is 74.9 Å². The van der Waals surface area contributed by atoms with Gasteiger partial charge in [0.2, 0.25) is 0 Å². The van der Waals surface area contributed by atoms with Crippen LogP contribution in [0.2, 0.25) is 0 Å². The Bertz CT molecular complexity index is 4010. The Labute approximate surface area is 771 Å². The third kappa shape index (κ3) is 25.8. The highest BCUT2D eigenvalue weighted by molar-refractivity contribution is 6.00. The van der Waals surface area contributed by atoms with Crippen molar-refractivity contribution in [1.29, 1.82) is 0 Å². The van der Waals surface area contributed by atoms with E-state index >= 15 is 0 Å². The second-order valence-electron chi connectivity index (χ2n) is 42.8. The lowest BCUT2D eigenvalue weighted by molar-refractivity contribution is -0.123. The molecular weight excluding hydrogens is 1610 g/mol. The fourth-order valence-electron chi connectivity index (χ4n) is 25.4. The van der Waals surface area contributed by atoms with E-state index in [0.29, 0.717) is 87.4 Å². The number of hydrogen-bond donors (Lipinski definition) is 7. The number of aliphatic hydroxyl groups is 7. The molecule has 14 heteroatoms. The van der Waals surface area contributed by atoms with E-state index in [9.17, 15) is 67.3 Å². The number of aliphatic hydroxyl groups excluding tert-OH is 3. The van der Waals surface area contributed by atoms with Gasteiger partial charge in [0.15, 0.2) is 23.9 Å². The molecule has 21 unspecified atom stereocenters. The number of alkyl halides is 5. The Hall–Kier alpha value is -5.45. The number of ketones is 2. The maximum absolute atomic E-state index is 14.1. The van der Waals surface area contributed by atoms with Crippen LogP contribution in [0.3, 0.4) is 0 Å². The smallest absolute Gasteiger partial charge is 0.193 e. The van der Waals surface area contributed by atoms with Crippen molar-refractivity contribution in [3.8, 4) is 0 Å². The van der Waals surface area contributed by atoms with Gasteiger partial charge in [-0.05, 0) is 296 Å². The first kappa shape index (κ1) is 106. The molecule has 0 spiro atoms. The van der Waals surface area contributed by atoms with Crippen molar-refractivity contribution in [3.63, 3.8) is 0 Å². The van der Waals surface area contributed by atoms with E-state index in [1.807, 2.05) is 78.0 Å². The zero-order valence-electron chi connectivity index (χ0n) is 82.0. The zero-order chi connectivity index (χ0) is 94.1. The van der Waals surface area contributed by atoms with Crippen molar-refractivity contribution in [3.05, 3.63) is 189 Å². The third-order valence-corrected chi connectivity index (χ3v) is 34.7. The molecule has 0 aliphatic heterocycles. The number of hydrogen-bond acceptors (Lipinski definition) is 9. The molecular formula is C114H171F5O9. The molecule has 12 rings (SSSR count). The summed E-state index contributed by atoms with van der Waals surface area (Å²) in [7, 11) is 0. The van der Waals surface area contributed by atoms with E-state index in [1.54, 1.807) is 17.7 Å². The monoisotopic (exact) mass is 1780 g/mol. The molecule has 9 saturated carbocycles. The van der Waals surface area contributed by atoms with Crippen molar-refractivity contribution in [2.24, 2.45) is 74.9 Å². The Balaban J connectivity index is 0.000000193. The predicted octanol–water partition coefficient (Wildman–Crippen LogP) is 27.9. The molecule has 9 fully saturated rings. The van der Waals surface area contributed by atoms with E-state index in [1.165, 1.54) is 72.0 Å². The minimum absolute atomic E-state index is 0.0546. The van der Waals surface area contributed by atoms with Gasteiger partial charge < -0.3 is 35.7 Å². The summed E-state index contributed by atoms with van der Waals surface area (Å²) in [5, 5.41) is 71.9. The number of halogens is 5. The van der Waals surface area contributed by atoms with Gasteiger partial charge in [0.1, 0.15) is 18.5 Å². The molecule has 128 heavy (non-hydrogen) atoms. The van der Waals surface area contributed by atoms with Crippen LogP contribution in [0.1, 0.15) is 361 Å². The normalized spacial score (nSPS) is 35.5. The summed E-state index contributed by atoms with van der Waals surface area (Å²) in [6, 6.07) is 0. The molecule has 7 N–H and O–H groups in total. The highest BCUT2D eigenvalue weighted by Crippen LogP contribution is 2.63. The van der Waals surface area contributed by atoms with Gasteiger partial charge in [0, 0.05) is 56.1 Å². The maximum Gasteiger partial charge on any atom is 0.193 e. The minimum Gasteiger partial charge on any atom is -0.393 e. The first-order valence-corrected chi connectivity index (χ1v) is 50.9. The molecule has 12 aliphatic rings. The molecule has 9 nitrogen and oxygen atoms in total. The second kappa shape index (κ2) is 46.7. The van der Waals surface area contributed by atoms with Gasteiger partial charge in [-0.2, -0.15) is 0 Å². The molecule has 716 valence electrons. The summed E-state index contributed by atoms with van der Waals surface area (Å²) >= 11 is 0. The number of Topliss-reactive ketones (excluding diaryl/α,β-unsaturated/α-hetero) is 2. The number of fused-ring (bicyclic) bond motifs is 4. The average molecular weight is 1780 g/mol. The van der Waals surface area contributed by atoms with Crippen LogP contribution in [0.5, 0.6) is 0 Å². The molecule has 0 bridgehead atoms. The van der Waals surface area contributed by atoms with Gasteiger partial charge in [0.25, 0.3) is 0 Å². The summed E-state index contributed by atoms with van der Waals surface area (Å²) in [5.74, 6) is 3.65. The molecule has 12 aliphatic carbocycles. The Morgan fingerprint density at radius 1 is 0.422 bits per heavy atom. The fraction of sp³-hybridized carbons (Fsp3) is 0.702. The standard InChI is InChI=1S/C29H42F2O.C29H45FO2.C28H43FO3.C28H41FO3/c1-6-29(32,7-2)17-8-10-20(3)25-14-15-26-22(11-9-16-28(25,26)5)12-13-23-18-24(30)19-27(31)21(23)4;1-6-29(32,7-2)17-8-10-20(3)25-14-15-26-22(11-9-16-28(25,26)5)12-13-23-18-24(31)19-27(30)21(23)4;2*1-5-28(32,6-2)16-7-9-19(3)23-13-14-24-20(10-8-15-27(23,24)4)11-12-21-17-22(30)18-25(29)26(21)31/h8,12-14,17,20,24,26-27,32H,4,6-7,9-11,15-16,18-19H2,1-3,5H3;8,12-13,17,20,24-27,31-32H,4,6-7,9-11,14-16,18-19H2,1-3,5H3;11-13,19,22,24-25,30,32H,5-10,14-18H2,1-4H3;7,11-13,16,19,22,24-25,30,32H,5-6,8-10,14-15,17-18H2,1-4H3/b2*17-8+,22-12+,23-13-;20-11+,21-12-;16-7+,20-11+,21-12-. The van der Waals surface area contributed by atoms with Crippen molar-refractivity contribution in [1.82, 2.24) is 0 Å². The molecule has 0 aromatic heterocycles. The third-order valence-electron chi connectivity index (χ3n) is 34.7. The topological polar surface area (TPSA) is 176 Å².